The summed E-state index contributed by atoms with van der Waals surface area (Å²) in [6.07, 6.45) is 0. The van der Waals surface area contributed by atoms with Crippen molar-refractivity contribution in [1.29, 1.82) is 0 Å². The highest BCUT2D eigenvalue weighted by molar-refractivity contribution is 5.85. The van der Waals surface area contributed by atoms with Crippen molar-refractivity contribution in [1.82, 2.24) is 0 Å². The van der Waals surface area contributed by atoms with Crippen molar-refractivity contribution in [2.24, 2.45) is 11.5 Å². The van der Waals surface area contributed by atoms with E-state index in [9.17, 15) is 0 Å². The molecule has 0 aromatic heterocycles. The third-order valence-corrected chi connectivity index (χ3v) is 1.46. The van der Waals surface area contributed by atoms with Crippen LogP contribution in [-0.2, 0) is 13.1 Å². The van der Waals surface area contributed by atoms with Crippen LogP contribution in [-0.4, -0.2) is 0 Å². The number of hydrogen-bond acceptors (Lipinski definition) is 2. The fourth-order valence-corrected chi connectivity index (χ4v) is 0.884. The predicted octanol–water partition coefficient (Wildman–Crippen LogP) is 1.45. The molecule has 2 nitrogen and oxygen atoms in total. The Morgan fingerprint density at radius 3 is 1.67 bits per heavy atom. The lowest BCUT2D eigenvalue weighted by Crippen LogP contribution is -2.00. The zero-order valence-corrected chi connectivity index (χ0v) is 8.33. The van der Waals surface area contributed by atoms with Gasteiger partial charge < -0.3 is 11.5 Å². The Kier molecular flexibility index (Phi) is 8.76. The van der Waals surface area contributed by atoms with Gasteiger partial charge in [-0.25, -0.2) is 0 Å². The van der Waals surface area contributed by atoms with Gasteiger partial charge in [0.15, 0.2) is 0 Å². The summed E-state index contributed by atoms with van der Waals surface area (Å²) in [7, 11) is 0. The lowest BCUT2D eigenvalue weighted by atomic mass is 10.1. The first kappa shape index (κ1) is 14.3. The number of nitrogens with two attached hydrogens (primary N) is 2. The van der Waals surface area contributed by atoms with Crippen LogP contribution in [0, 0.1) is 0 Å². The molecular weight excluding hydrogens is 195 g/mol. The molecule has 0 aliphatic carbocycles. The Balaban J connectivity index is 0. The number of halogens is 2. The molecule has 0 saturated carbocycles. The van der Waals surface area contributed by atoms with Crippen LogP contribution in [0.25, 0.3) is 0 Å². The molecule has 0 saturated heterocycles. The maximum atomic E-state index is 5.43. The molecule has 0 amide bonds. The first-order valence-corrected chi connectivity index (χ1v) is 3.34. The summed E-state index contributed by atoms with van der Waals surface area (Å²) in [6, 6.07) is 8.00. The van der Waals surface area contributed by atoms with Gasteiger partial charge in [0.2, 0.25) is 0 Å². The quantitative estimate of drug-likeness (QED) is 0.774. The molecule has 0 spiro atoms. The van der Waals surface area contributed by atoms with Crippen LogP contribution in [0.5, 0.6) is 0 Å². The van der Waals surface area contributed by atoms with Crippen molar-refractivity contribution in [2.45, 2.75) is 13.1 Å². The largest absolute Gasteiger partial charge is 0.326 e. The molecule has 0 atom stereocenters. The highest BCUT2D eigenvalue weighted by Crippen LogP contribution is 2.02. The van der Waals surface area contributed by atoms with Gasteiger partial charge in [-0.15, -0.1) is 24.8 Å². The lowest BCUT2D eigenvalue weighted by molar-refractivity contribution is 1.03. The van der Waals surface area contributed by atoms with E-state index in [-0.39, 0.29) is 24.8 Å². The van der Waals surface area contributed by atoms with Gasteiger partial charge in [-0.1, -0.05) is 24.3 Å². The molecule has 70 valence electrons. The van der Waals surface area contributed by atoms with E-state index in [0.29, 0.717) is 13.1 Å². The fraction of sp³-hybridized carbons (Fsp3) is 0.250. The van der Waals surface area contributed by atoms with Crippen molar-refractivity contribution in [3.8, 4) is 0 Å². The monoisotopic (exact) mass is 208 g/mol. The average molecular weight is 209 g/mol. The van der Waals surface area contributed by atoms with Crippen LogP contribution in [0.2, 0.25) is 0 Å². The van der Waals surface area contributed by atoms with E-state index in [1.54, 1.807) is 0 Å². The molecule has 0 aliphatic heterocycles. The van der Waals surface area contributed by atoms with E-state index in [4.69, 9.17) is 11.5 Å². The highest BCUT2D eigenvalue weighted by Gasteiger charge is 1.89. The van der Waals surface area contributed by atoms with E-state index in [2.05, 4.69) is 0 Å². The van der Waals surface area contributed by atoms with Crippen LogP contribution >= 0.6 is 24.8 Å². The van der Waals surface area contributed by atoms with Gasteiger partial charge >= 0.3 is 0 Å². The van der Waals surface area contributed by atoms with E-state index in [0.717, 1.165) is 11.1 Å². The zero-order valence-electron chi connectivity index (χ0n) is 6.69. The third-order valence-electron chi connectivity index (χ3n) is 1.46. The SMILES string of the molecule is Cl.Cl.NCc1cccc(CN)c1. The topological polar surface area (TPSA) is 52.0 Å². The van der Waals surface area contributed by atoms with Crippen molar-refractivity contribution in [3.63, 3.8) is 0 Å². The zero-order chi connectivity index (χ0) is 7.40. The van der Waals surface area contributed by atoms with E-state index in [1.807, 2.05) is 24.3 Å². The van der Waals surface area contributed by atoms with Gasteiger partial charge in [-0.2, -0.15) is 0 Å². The molecule has 0 fully saturated rings. The first-order chi connectivity index (χ1) is 4.86. The predicted molar refractivity (Wildman–Crippen MR) is 56.7 cm³/mol. The van der Waals surface area contributed by atoms with Gasteiger partial charge in [0.25, 0.3) is 0 Å². The molecule has 1 aromatic rings. The summed E-state index contributed by atoms with van der Waals surface area (Å²) >= 11 is 0. The Hall–Kier alpha value is -0.280. The van der Waals surface area contributed by atoms with Crippen molar-refractivity contribution < 1.29 is 0 Å². The van der Waals surface area contributed by atoms with Crippen LogP contribution in [0.1, 0.15) is 11.1 Å². The number of benzene rings is 1. The lowest BCUT2D eigenvalue weighted by Gasteiger charge is -1.98. The van der Waals surface area contributed by atoms with Crippen LogP contribution < -0.4 is 11.5 Å². The molecule has 4 heteroatoms. The minimum Gasteiger partial charge on any atom is -0.326 e. The van der Waals surface area contributed by atoms with Gasteiger partial charge in [-0.3, -0.25) is 0 Å². The maximum absolute atomic E-state index is 5.43. The molecular formula is C8H14Cl2N2. The summed E-state index contributed by atoms with van der Waals surface area (Å²) in [5, 5.41) is 0. The minimum atomic E-state index is 0. The Morgan fingerprint density at radius 1 is 0.917 bits per heavy atom. The molecule has 1 rings (SSSR count). The molecule has 12 heavy (non-hydrogen) atoms. The maximum Gasteiger partial charge on any atom is 0.0178 e. The summed E-state index contributed by atoms with van der Waals surface area (Å²) < 4.78 is 0. The number of hydrogen-bond donors (Lipinski definition) is 2. The Morgan fingerprint density at radius 2 is 1.33 bits per heavy atom. The Labute approximate surface area is 85.1 Å². The second-order valence-corrected chi connectivity index (χ2v) is 2.23. The molecule has 4 N–H and O–H groups in total. The van der Waals surface area contributed by atoms with E-state index >= 15 is 0 Å². The van der Waals surface area contributed by atoms with Crippen LogP contribution in [0.4, 0.5) is 0 Å². The first-order valence-electron chi connectivity index (χ1n) is 3.34. The van der Waals surface area contributed by atoms with E-state index < -0.39 is 0 Å². The third kappa shape index (κ3) is 3.93. The molecule has 0 heterocycles. The molecule has 0 radical (unpaired) electrons. The standard InChI is InChI=1S/C8H12N2.2ClH/c9-5-7-2-1-3-8(4-7)6-10;;/h1-4H,5-6,9-10H2;2*1H. The normalized spacial score (nSPS) is 8.17. The van der Waals surface area contributed by atoms with Gasteiger partial charge in [0.05, 0.1) is 0 Å². The molecule has 0 aliphatic rings. The Bertz CT molecular complexity index is 197. The molecule has 0 bridgehead atoms. The van der Waals surface area contributed by atoms with Crippen LogP contribution in [0.15, 0.2) is 24.3 Å². The van der Waals surface area contributed by atoms with Gasteiger partial charge in [0, 0.05) is 13.1 Å². The minimum absolute atomic E-state index is 0. The van der Waals surface area contributed by atoms with Crippen molar-refractivity contribution in [3.05, 3.63) is 35.4 Å². The summed E-state index contributed by atoms with van der Waals surface area (Å²) in [6.45, 7) is 1.18. The van der Waals surface area contributed by atoms with Crippen molar-refractivity contribution in [2.75, 3.05) is 0 Å². The average Bonchev–Trinajstić information content (AvgIpc) is 2.05. The summed E-state index contributed by atoms with van der Waals surface area (Å²) in [5.74, 6) is 0. The second kappa shape index (κ2) is 7.37. The second-order valence-electron chi connectivity index (χ2n) is 2.23. The molecule has 1 aromatic carbocycles. The summed E-state index contributed by atoms with van der Waals surface area (Å²) in [5.41, 5.74) is 13.1. The summed E-state index contributed by atoms with van der Waals surface area (Å²) in [4.78, 5) is 0. The van der Waals surface area contributed by atoms with Gasteiger partial charge in [-0.05, 0) is 11.1 Å². The molecule has 0 unspecified atom stereocenters. The highest BCUT2D eigenvalue weighted by atomic mass is 35.5. The van der Waals surface area contributed by atoms with Gasteiger partial charge in [0.1, 0.15) is 0 Å². The van der Waals surface area contributed by atoms with Crippen LogP contribution in [0.3, 0.4) is 0 Å². The smallest absolute Gasteiger partial charge is 0.0178 e. The van der Waals surface area contributed by atoms with Crippen molar-refractivity contribution >= 4 is 24.8 Å². The van der Waals surface area contributed by atoms with E-state index in [1.165, 1.54) is 0 Å². The number of rotatable bonds is 2. The fourth-order valence-electron chi connectivity index (χ4n) is 0.884.